The molecule has 1 aromatic heterocycles. The topological polar surface area (TPSA) is 70.6 Å². The molecule has 2 saturated heterocycles. The molecular formula is C18H31N5O2. The van der Waals surface area contributed by atoms with Crippen LogP contribution in [0.4, 0.5) is 11.8 Å². The number of aryl methyl sites for hydroxylation is 1. The van der Waals surface area contributed by atoms with Crippen molar-refractivity contribution in [2.75, 3.05) is 49.6 Å². The number of nitrogens with zero attached hydrogens (tertiary/aromatic N) is 4. The van der Waals surface area contributed by atoms with E-state index in [2.05, 4.69) is 41.0 Å². The maximum atomic E-state index is 11.4. The van der Waals surface area contributed by atoms with Crippen molar-refractivity contribution < 1.29 is 9.53 Å². The zero-order chi connectivity index (χ0) is 18.2. The minimum absolute atomic E-state index is 0.134. The fourth-order valence-corrected chi connectivity index (χ4v) is 2.63. The van der Waals surface area contributed by atoms with E-state index >= 15 is 0 Å². The summed E-state index contributed by atoms with van der Waals surface area (Å²) in [6.45, 7) is 12.4. The predicted molar refractivity (Wildman–Crippen MR) is 100 cm³/mol. The number of piperazine rings is 1. The number of hydrogen-bond acceptors (Lipinski definition) is 6. The van der Waals surface area contributed by atoms with Crippen molar-refractivity contribution in [1.82, 2.24) is 14.9 Å². The van der Waals surface area contributed by atoms with E-state index < -0.39 is 0 Å². The van der Waals surface area contributed by atoms with Crippen molar-refractivity contribution in [3.05, 3.63) is 11.8 Å². The zero-order valence-corrected chi connectivity index (χ0v) is 15.9. The summed E-state index contributed by atoms with van der Waals surface area (Å²) in [5.41, 5.74) is 1.03. The predicted octanol–water partition coefficient (Wildman–Crippen LogP) is 1.93. The number of aromatic nitrogens is 2. The normalized spacial score (nSPS) is 17.4. The van der Waals surface area contributed by atoms with E-state index in [1.807, 2.05) is 11.0 Å². The summed E-state index contributed by atoms with van der Waals surface area (Å²) in [4.78, 5) is 24.7. The third kappa shape index (κ3) is 5.56. The van der Waals surface area contributed by atoms with Crippen LogP contribution in [-0.4, -0.2) is 66.2 Å². The van der Waals surface area contributed by atoms with Crippen LogP contribution in [0.25, 0.3) is 0 Å². The summed E-state index contributed by atoms with van der Waals surface area (Å²) in [6, 6.07) is 2.36. The summed E-state index contributed by atoms with van der Waals surface area (Å²) >= 11 is 0. The zero-order valence-electron chi connectivity index (χ0n) is 15.9. The molecule has 0 saturated carbocycles. The second-order valence-corrected chi connectivity index (χ2v) is 6.48. The number of amides is 1. The van der Waals surface area contributed by atoms with Gasteiger partial charge in [0.05, 0.1) is 19.3 Å². The fourth-order valence-electron chi connectivity index (χ4n) is 2.63. The number of ether oxygens (including phenoxy) is 1. The molecule has 1 N–H and O–H groups in total. The molecule has 3 rings (SSSR count). The molecule has 2 aliphatic rings. The van der Waals surface area contributed by atoms with Gasteiger partial charge in [0, 0.05) is 44.9 Å². The number of nitrogens with one attached hydrogen (secondary N) is 1. The van der Waals surface area contributed by atoms with Gasteiger partial charge in [0.2, 0.25) is 11.9 Å². The Morgan fingerprint density at radius 1 is 1.20 bits per heavy atom. The Hall–Kier alpha value is -1.89. The van der Waals surface area contributed by atoms with Crippen LogP contribution in [0.15, 0.2) is 6.07 Å². The van der Waals surface area contributed by atoms with Crippen LogP contribution in [0.3, 0.4) is 0 Å². The Balaban J connectivity index is 0.000000701. The first-order valence-corrected chi connectivity index (χ1v) is 9.30. The van der Waals surface area contributed by atoms with Crippen LogP contribution in [0, 0.1) is 0 Å². The second kappa shape index (κ2) is 9.56. The van der Waals surface area contributed by atoms with E-state index in [4.69, 9.17) is 4.74 Å². The van der Waals surface area contributed by atoms with Gasteiger partial charge in [0.25, 0.3) is 0 Å². The van der Waals surface area contributed by atoms with Crippen LogP contribution in [0.1, 0.15) is 39.8 Å². The van der Waals surface area contributed by atoms with Crippen molar-refractivity contribution in [1.29, 1.82) is 0 Å². The third-order valence-corrected chi connectivity index (χ3v) is 4.13. The number of hydrogen-bond donors (Lipinski definition) is 1. The summed E-state index contributed by atoms with van der Waals surface area (Å²) in [6.07, 6.45) is 2.12. The molecule has 0 spiro atoms. The maximum Gasteiger partial charge on any atom is 0.227 e. The molecule has 0 atom stereocenters. The smallest absolute Gasteiger partial charge is 0.227 e. The molecule has 0 unspecified atom stereocenters. The van der Waals surface area contributed by atoms with Crippen molar-refractivity contribution in [3.63, 3.8) is 0 Å². The average molecular weight is 349 g/mol. The lowest BCUT2D eigenvalue weighted by molar-refractivity contribution is -0.129. The van der Waals surface area contributed by atoms with Gasteiger partial charge in [0.1, 0.15) is 5.82 Å². The molecular weight excluding hydrogens is 318 g/mol. The van der Waals surface area contributed by atoms with Gasteiger partial charge in [-0.15, -0.1) is 0 Å². The highest BCUT2D eigenvalue weighted by atomic mass is 16.5. The van der Waals surface area contributed by atoms with E-state index in [0.717, 1.165) is 63.3 Å². The van der Waals surface area contributed by atoms with E-state index in [1.165, 1.54) is 6.42 Å². The van der Waals surface area contributed by atoms with Crippen LogP contribution in [-0.2, 0) is 16.0 Å². The number of anilines is 2. The van der Waals surface area contributed by atoms with Crippen LogP contribution in [0.2, 0.25) is 0 Å². The summed E-state index contributed by atoms with van der Waals surface area (Å²) < 4.78 is 5.19. The molecule has 0 radical (unpaired) electrons. The van der Waals surface area contributed by atoms with Gasteiger partial charge in [0.15, 0.2) is 0 Å². The van der Waals surface area contributed by atoms with Gasteiger partial charge in [-0.2, -0.15) is 4.98 Å². The van der Waals surface area contributed by atoms with Gasteiger partial charge in [-0.3, -0.25) is 4.79 Å². The molecule has 1 aromatic rings. The largest absolute Gasteiger partial charge is 0.377 e. The van der Waals surface area contributed by atoms with E-state index in [0.29, 0.717) is 6.04 Å². The van der Waals surface area contributed by atoms with Crippen molar-refractivity contribution in [2.24, 2.45) is 0 Å². The molecule has 25 heavy (non-hydrogen) atoms. The highest BCUT2D eigenvalue weighted by molar-refractivity contribution is 5.73. The Bertz CT molecular complexity index is 554. The average Bonchev–Trinajstić information content (AvgIpc) is 2.58. The molecule has 2 fully saturated rings. The summed E-state index contributed by atoms with van der Waals surface area (Å²) in [5.74, 6) is 1.75. The van der Waals surface area contributed by atoms with E-state index in [1.54, 1.807) is 6.92 Å². The standard InChI is InChI=1S/C15H23N5O2.C3H8/c1-3-12-8-14(16-13-9-22-10-13)18-15(17-12)20-6-4-19(5-7-20)11(2)21;1-3-2/h8,13H,3-7,9-10H2,1-2H3,(H,16,17,18);3H2,1-2H3. The quantitative estimate of drug-likeness (QED) is 0.896. The summed E-state index contributed by atoms with van der Waals surface area (Å²) in [5, 5.41) is 3.39. The number of rotatable bonds is 4. The lowest BCUT2D eigenvalue weighted by atomic mass is 10.2. The number of carbonyl (C=O) groups excluding carboxylic acids is 1. The SMILES string of the molecule is CCC.CCc1cc(NC2COC2)nc(N2CCN(C(C)=O)CC2)n1. The van der Waals surface area contributed by atoms with Crippen LogP contribution < -0.4 is 10.2 Å². The van der Waals surface area contributed by atoms with Crippen molar-refractivity contribution >= 4 is 17.7 Å². The molecule has 0 aromatic carbocycles. The Labute approximate surface area is 150 Å². The minimum Gasteiger partial charge on any atom is -0.377 e. The monoisotopic (exact) mass is 349 g/mol. The Kier molecular flexibility index (Phi) is 7.43. The second-order valence-electron chi connectivity index (χ2n) is 6.48. The van der Waals surface area contributed by atoms with Gasteiger partial charge in [-0.05, 0) is 6.42 Å². The lowest BCUT2D eigenvalue weighted by Gasteiger charge is -2.34. The molecule has 140 valence electrons. The van der Waals surface area contributed by atoms with Gasteiger partial charge < -0.3 is 19.9 Å². The molecule has 3 heterocycles. The highest BCUT2D eigenvalue weighted by Crippen LogP contribution is 2.18. The maximum absolute atomic E-state index is 11.4. The number of carbonyl (C=O) groups is 1. The molecule has 7 nitrogen and oxygen atoms in total. The lowest BCUT2D eigenvalue weighted by Crippen LogP contribution is -2.48. The Morgan fingerprint density at radius 3 is 2.32 bits per heavy atom. The molecule has 1 amide bonds. The van der Waals surface area contributed by atoms with Gasteiger partial charge >= 0.3 is 0 Å². The third-order valence-electron chi connectivity index (χ3n) is 4.13. The van der Waals surface area contributed by atoms with E-state index in [-0.39, 0.29) is 5.91 Å². The first-order chi connectivity index (χ1) is 12.1. The molecule has 2 aliphatic heterocycles. The van der Waals surface area contributed by atoms with Crippen LogP contribution >= 0.6 is 0 Å². The van der Waals surface area contributed by atoms with Gasteiger partial charge in [-0.1, -0.05) is 27.2 Å². The van der Waals surface area contributed by atoms with Crippen LogP contribution in [0.5, 0.6) is 0 Å². The Morgan fingerprint density at radius 2 is 1.84 bits per heavy atom. The summed E-state index contributed by atoms with van der Waals surface area (Å²) in [7, 11) is 0. The highest BCUT2D eigenvalue weighted by Gasteiger charge is 2.22. The van der Waals surface area contributed by atoms with E-state index in [9.17, 15) is 4.79 Å². The first kappa shape index (κ1) is 19.4. The van der Waals surface area contributed by atoms with Gasteiger partial charge in [-0.25, -0.2) is 4.98 Å². The molecule has 0 aliphatic carbocycles. The molecule has 7 heteroatoms. The minimum atomic E-state index is 0.134. The van der Waals surface area contributed by atoms with Crippen molar-refractivity contribution in [2.45, 2.75) is 46.6 Å². The first-order valence-electron chi connectivity index (χ1n) is 9.30. The van der Waals surface area contributed by atoms with Crippen molar-refractivity contribution in [3.8, 4) is 0 Å². The fraction of sp³-hybridized carbons (Fsp3) is 0.722. The molecule has 0 bridgehead atoms.